The van der Waals surface area contributed by atoms with Crippen molar-refractivity contribution in [2.24, 2.45) is 0 Å². The van der Waals surface area contributed by atoms with E-state index in [0.717, 1.165) is 11.1 Å². The van der Waals surface area contributed by atoms with E-state index >= 15 is 0 Å². The van der Waals surface area contributed by atoms with Crippen LogP contribution in [0.4, 0.5) is 5.69 Å². The van der Waals surface area contributed by atoms with Gasteiger partial charge in [-0.05, 0) is 44.5 Å². The van der Waals surface area contributed by atoms with Gasteiger partial charge in [-0.25, -0.2) is 0 Å². The van der Waals surface area contributed by atoms with Crippen LogP contribution in [0.25, 0.3) is 0 Å². The fourth-order valence-corrected chi connectivity index (χ4v) is 2.69. The molecule has 0 fully saturated rings. The van der Waals surface area contributed by atoms with Gasteiger partial charge in [-0.2, -0.15) is 0 Å². The number of benzene rings is 2. The Labute approximate surface area is 165 Å². The summed E-state index contributed by atoms with van der Waals surface area (Å²) in [6.07, 6.45) is 0.113. The van der Waals surface area contributed by atoms with Crippen LogP contribution in [0.1, 0.15) is 35.3 Å². The van der Waals surface area contributed by atoms with Crippen molar-refractivity contribution < 1.29 is 19.1 Å². The fraction of sp³-hybridized carbons (Fsp3) is 0.318. The van der Waals surface area contributed by atoms with Crippen LogP contribution >= 0.6 is 0 Å². The molecular weight excluding hydrogens is 356 g/mol. The Morgan fingerprint density at radius 1 is 1.00 bits per heavy atom. The van der Waals surface area contributed by atoms with Gasteiger partial charge < -0.3 is 15.0 Å². The van der Waals surface area contributed by atoms with Crippen molar-refractivity contribution in [2.45, 2.75) is 27.2 Å². The van der Waals surface area contributed by atoms with Gasteiger partial charge in [0.25, 0.3) is 11.8 Å². The molecule has 0 aliphatic carbocycles. The molecule has 0 saturated heterocycles. The molecule has 0 aliphatic rings. The number of amides is 2. The van der Waals surface area contributed by atoms with Gasteiger partial charge in [-0.15, -0.1) is 0 Å². The number of aryl methyl sites for hydroxylation is 1. The van der Waals surface area contributed by atoms with Crippen molar-refractivity contribution in [2.75, 3.05) is 25.0 Å². The van der Waals surface area contributed by atoms with Crippen molar-refractivity contribution in [3.8, 4) is 0 Å². The molecular formula is C22H26N2O4. The molecule has 2 aromatic carbocycles. The minimum absolute atomic E-state index is 0.0920. The minimum atomic E-state index is -0.468. The summed E-state index contributed by atoms with van der Waals surface area (Å²) in [4.78, 5) is 38.0. The van der Waals surface area contributed by atoms with E-state index in [-0.39, 0.29) is 18.9 Å². The molecule has 0 atom stereocenters. The van der Waals surface area contributed by atoms with E-state index in [9.17, 15) is 14.4 Å². The summed E-state index contributed by atoms with van der Waals surface area (Å²) in [6.45, 7) is 6.65. The van der Waals surface area contributed by atoms with Crippen molar-refractivity contribution >= 4 is 23.5 Å². The molecule has 2 aromatic rings. The molecule has 0 heterocycles. The molecule has 2 amide bonds. The maximum Gasteiger partial charge on any atom is 0.310 e. The van der Waals surface area contributed by atoms with Crippen LogP contribution in [0.3, 0.4) is 0 Å². The third-order valence-electron chi connectivity index (χ3n) is 4.28. The van der Waals surface area contributed by atoms with Crippen LogP contribution in [0.5, 0.6) is 0 Å². The smallest absolute Gasteiger partial charge is 0.310 e. The van der Waals surface area contributed by atoms with Crippen LogP contribution < -0.4 is 5.32 Å². The zero-order valence-electron chi connectivity index (χ0n) is 16.5. The molecule has 6 heteroatoms. The molecule has 0 saturated carbocycles. The first kappa shape index (κ1) is 21.2. The number of carbonyl (C=O) groups excluding carboxylic acids is 3. The number of anilines is 1. The molecule has 0 aliphatic heterocycles. The number of rotatable bonds is 8. The van der Waals surface area contributed by atoms with E-state index in [0.29, 0.717) is 24.3 Å². The zero-order chi connectivity index (χ0) is 20.5. The van der Waals surface area contributed by atoms with Crippen LogP contribution in [0.15, 0.2) is 48.5 Å². The third kappa shape index (κ3) is 6.23. The topological polar surface area (TPSA) is 75.7 Å². The quantitative estimate of drug-likeness (QED) is 0.712. The Bertz CT molecular complexity index is 827. The largest absolute Gasteiger partial charge is 0.455 e. The van der Waals surface area contributed by atoms with Gasteiger partial charge in [-0.3, -0.25) is 14.4 Å². The molecule has 0 bridgehead atoms. The monoisotopic (exact) mass is 382 g/mol. The highest BCUT2D eigenvalue weighted by Crippen LogP contribution is 2.13. The first-order chi connectivity index (χ1) is 13.4. The Hall–Kier alpha value is -3.15. The van der Waals surface area contributed by atoms with E-state index in [2.05, 4.69) is 5.32 Å². The average molecular weight is 382 g/mol. The van der Waals surface area contributed by atoms with Gasteiger partial charge >= 0.3 is 5.97 Å². The van der Waals surface area contributed by atoms with Crippen LogP contribution in [0, 0.1) is 6.92 Å². The molecule has 148 valence electrons. The number of hydrogen-bond donors (Lipinski definition) is 1. The first-order valence-corrected chi connectivity index (χ1v) is 9.33. The van der Waals surface area contributed by atoms with Crippen molar-refractivity contribution in [3.05, 3.63) is 65.2 Å². The predicted molar refractivity (Wildman–Crippen MR) is 108 cm³/mol. The van der Waals surface area contributed by atoms with Crippen molar-refractivity contribution in [1.82, 2.24) is 4.90 Å². The van der Waals surface area contributed by atoms with Gasteiger partial charge in [0, 0.05) is 24.3 Å². The highest BCUT2D eigenvalue weighted by molar-refractivity contribution is 5.97. The molecule has 0 unspecified atom stereocenters. The number of hydrogen-bond acceptors (Lipinski definition) is 4. The Balaban J connectivity index is 1.87. The van der Waals surface area contributed by atoms with Crippen molar-refractivity contribution in [3.63, 3.8) is 0 Å². The number of esters is 1. The summed E-state index contributed by atoms with van der Waals surface area (Å²) < 4.78 is 5.03. The minimum Gasteiger partial charge on any atom is -0.455 e. The molecule has 0 spiro atoms. The molecule has 0 radical (unpaired) electrons. The second-order valence-electron chi connectivity index (χ2n) is 6.43. The zero-order valence-corrected chi connectivity index (χ0v) is 16.5. The van der Waals surface area contributed by atoms with E-state index in [1.165, 1.54) is 0 Å². The van der Waals surface area contributed by atoms with Gasteiger partial charge in [0.1, 0.15) is 0 Å². The van der Waals surface area contributed by atoms with Gasteiger partial charge in [-0.1, -0.05) is 35.9 Å². The SMILES string of the molecule is CCN(CC)C(=O)c1cccc(NC(=O)COC(=O)Cc2ccc(C)cc2)c1. The molecule has 28 heavy (non-hydrogen) atoms. The summed E-state index contributed by atoms with van der Waals surface area (Å²) in [7, 11) is 0. The summed E-state index contributed by atoms with van der Waals surface area (Å²) in [5, 5.41) is 2.65. The van der Waals surface area contributed by atoms with Gasteiger partial charge in [0.05, 0.1) is 6.42 Å². The lowest BCUT2D eigenvalue weighted by atomic mass is 10.1. The average Bonchev–Trinajstić information content (AvgIpc) is 2.69. The van der Waals surface area contributed by atoms with E-state index in [4.69, 9.17) is 4.74 Å². The summed E-state index contributed by atoms with van der Waals surface area (Å²) in [5.74, 6) is -1.01. The molecule has 6 nitrogen and oxygen atoms in total. The maximum atomic E-state index is 12.4. The first-order valence-electron chi connectivity index (χ1n) is 9.33. The van der Waals surface area contributed by atoms with E-state index in [1.807, 2.05) is 45.0 Å². The van der Waals surface area contributed by atoms with Crippen LogP contribution in [-0.2, 0) is 20.7 Å². The van der Waals surface area contributed by atoms with Crippen molar-refractivity contribution in [1.29, 1.82) is 0 Å². The number of ether oxygens (including phenoxy) is 1. The Morgan fingerprint density at radius 2 is 1.68 bits per heavy atom. The highest BCUT2D eigenvalue weighted by Gasteiger charge is 2.14. The number of nitrogens with one attached hydrogen (secondary N) is 1. The Morgan fingerprint density at radius 3 is 2.32 bits per heavy atom. The lowest BCUT2D eigenvalue weighted by Crippen LogP contribution is -2.30. The van der Waals surface area contributed by atoms with Crippen LogP contribution in [-0.4, -0.2) is 42.4 Å². The summed E-state index contributed by atoms with van der Waals surface area (Å²) >= 11 is 0. The third-order valence-corrected chi connectivity index (χ3v) is 4.28. The standard InChI is InChI=1S/C22H26N2O4/c1-4-24(5-2)22(27)18-7-6-8-19(14-18)23-20(25)15-28-21(26)13-17-11-9-16(3)10-12-17/h6-12,14H,4-5,13,15H2,1-3H3,(H,23,25). The summed E-state index contributed by atoms with van der Waals surface area (Å²) in [5.41, 5.74) is 2.92. The van der Waals surface area contributed by atoms with Crippen LogP contribution in [0.2, 0.25) is 0 Å². The lowest BCUT2D eigenvalue weighted by molar-refractivity contribution is -0.146. The predicted octanol–water partition coefficient (Wildman–Crippen LogP) is 3.20. The fourth-order valence-electron chi connectivity index (χ4n) is 2.69. The maximum absolute atomic E-state index is 12.4. The second-order valence-corrected chi connectivity index (χ2v) is 6.43. The molecule has 2 rings (SSSR count). The molecule has 0 aromatic heterocycles. The number of nitrogens with zero attached hydrogens (tertiary/aromatic N) is 1. The number of carbonyl (C=O) groups is 3. The normalized spacial score (nSPS) is 10.2. The lowest BCUT2D eigenvalue weighted by Gasteiger charge is -2.19. The van der Waals surface area contributed by atoms with E-state index in [1.54, 1.807) is 29.2 Å². The van der Waals surface area contributed by atoms with Gasteiger partial charge in [0.15, 0.2) is 6.61 Å². The highest BCUT2D eigenvalue weighted by atomic mass is 16.5. The Kier molecular flexibility index (Phi) is 7.75. The van der Waals surface area contributed by atoms with E-state index < -0.39 is 11.9 Å². The second kappa shape index (κ2) is 10.3. The molecule has 1 N–H and O–H groups in total. The van der Waals surface area contributed by atoms with Gasteiger partial charge in [0.2, 0.25) is 0 Å². The summed E-state index contributed by atoms with van der Waals surface area (Å²) in [6, 6.07) is 14.3.